The Hall–Kier alpha value is -0.590. The van der Waals surface area contributed by atoms with E-state index in [1.54, 1.807) is 6.20 Å². The molecule has 1 saturated heterocycles. The lowest BCUT2D eigenvalue weighted by atomic mass is 10.4. The SMILES string of the molecule is O=C(CSc1ccc(Br)cn1)N1CCCNCC1. The molecular weight excluding hydrogens is 314 g/mol. The molecule has 2 rings (SSSR count). The molecule has 4 nitrogen and oxygen atoms in total. The van der Waals surface area contributed by atoms with E-state index in [9.17, 15) is 4.79 Å². The molecule has 0 radical (unpaired) electrons. The number of halogens is 1. The lowest BCUT2D eigenvalue weighted by Crippen LogP contribution is -2.35. The fourth-order valence-corrected chi connectivity index (χ4v) is 2.75. The number of aromatic nitrogens is 1. The highest BCUT2D eigenvalue weighted by molar-refractivity contribution is 9.10. The number of pyridine rings is 1. The monoisotopic (exact) mass is 329 g/mol. The summed E-state index contributed by atoms with van der Waals surface area (Å²) in [6.07, 6.45) is 2.79. The van der Waals surface area contributed by atoms with Gasteiger partial charge in [0.2, 0.25) is 5.91 Å². The molecule has 0 spiro atoms. The van der Waals surface area contributed by atoms with Crippen LogP contribution < -0.4 is 5.32 Å². The summed E-state index contributed by atoms with van der Waals surface area (Å²) >= 11 is 4.84. The van der Waals surface area contributed by atoms with Crippen molar-refractivity contribution in [1.29, 1.82) is 0 Å². The van der Waals surface area contributed by atoms with Crippen LogP contribution in [0.15, 0.2) is 27.8 Å². The summed E-state index contributed by atoms with van der Waals surface area (Å²) in [4.78, 5) is 18.2. The van der Waals surface area contributed by atoms with Gasteiger partial charge in [0.05, 0.1) is 10.8 Å². The summed E-state index contributed by atoms with van der Waals surface area (Å²) in [5.41, 5.74) is 0. The maximum Gasteiger partial charge on any atom is 0.233 e. The molecular formula is C12H16BrN3OS. The summed E-state index contributed by atoms with van der Waals surface area (Å²) in [7, 11) is 0. The Kier molecular flexibility index (Phi) is 5.46. The molecule has 0 bridgehead atoms. The molecule has 1 aliphatic rings. The van der Waals surface area contributed by atoms with Gasteiger partial charge in [-0.25, -0.2) is 4.98 Å². The van der Waals surface area contributed by atoms with E-state index < -0.39 is 0 Å². The average molecular weight is 330 g/mol. The Labute approximate surface area is 120 Å². The molecule has 2 heterocycles. The smallest absolute Gasteiger partial charge is 0.233 e. The van der Waals surface area contributed by atoms with E-state index >= 15 is 0 Å². The van der Waals surface area contributed by atoms with Crippen molar-refractivity contribution in [2.45, 2.75) is 11.4 Å². The molecule has 1 aromatic heterocycles. The van der Waals surface area contributed by atoms with Gasteiger partial charge in [-0.05, 0) is 41.0 Å². The number of hydrogen-bond donors (Lipinski definition) is 1. The van der Waals surface area contributed by atoms with Crippen molar-refractivity contribution in [1.82, 2.24) is 15.2 Å². The molecule has 0 unspecified atom stereocenters. The van der Waals surface area contributed by atoms with Crippen LogP contribution in [0.1, 0.15) is 6.42 Å². The highest BCUT2D eigenvalue weighted by atomic mass is 79.9. The zero-order chi connectivity index (χ0) is 12.8. The fraction of sp³-hybridized carbons (Fsp3) is 0.500. The lowest BCUT2D eigenvalue weighted by molar-refractivity contribution is -0.128. The van der Waals surface area contributed by atoms with Crippen LogP contribution in [0, 0.1) is 0 Å². The van der Waals surface area contributed by atoms with Crippen LogP contribution in [0.2, 0.25) is 0 Å². The molecule has 1 N–H and O–H groups in total. The number of amides is 1. The van der Waals surface area contributed by atoms with E-state index in [1.165, 1.54) is 11.8 Å². The molecule has 1 aromatic rings. The molecule has 98 valence electrons. The molecule has 1 fully saturated rings. The van der Waals surface area contributed by atoms with Gasteiger partial charge in [-0.15, -0.1) is 0 Å². The first-order valence-electron chi connectivity index (χ1n) is 5.98. The van der Waals surface area contributed by atoms with E-state index in [-0.39, 0.29) is 5.91 Å². The third-order valence-electron chi connectivity index (χ3n) is 2.74. The van der Waals surface area contributed by atoms with Gasteiger partial charge in [0, 0.05) is 30.3 Å². The summed E-state index contributed by atoms with van der Waals surface area (Å²) in [5, 5.41) is 4.18. The van der Waals surface area contributed by atoms with Gasteiger partial charge in [0.25, 0.3) is 0 Å². The zero-order valence-electron chi connectivity index (χ0n) is 10.1. The molecule has 0 aliphatic carbocycles. The molecule has 1 amide bonds. The predicted octanol–water partition coefficient (Wildman–Crippen LogP) is 1.76. The Morgan fingerprint density at radius 1 is 1.44 bits per heavy atom. The van der Waals surface area contributed by atoms with Crippen molar-refractivity contribution in [3.63, 3.8) is 0 Å². The summed E-state index contributed by atoms with van der Waals surface area (Å²) in [6, 6.07) is 3.86. The number of carbonyl (C=O) groups excluding carboxylic acids is 1. The van der Waals surface area contributed by atoms with Crippen molar-refractivity contribution in [2.75, 3.05) is 31.9 Å². The topological polar surface area (TPSA) is 45.2 Å². The second-order valence-electron chi connectivity index (χ2n) is 4.09. The number of hydrogen-bond acceptors (Lipinski definition) is 4. The number of thioether (sulfide) groups is 1. The standard InChI is InChI=1S/C12H16BrN3OS/c13-10-2-3-11(15-8-10)18-9-12(17)16-6-1-4-14-5-7-16/h2-3,8,14H,1,4-7,9H2. The molecule has 0 atom stereocenters. The van der Waals surface area contributed by atoms with Gasteiger partial charge < -0.3 is 10.2 Å². The number of nitrogens with one attached hydrogen (secondary N) is 1. The summed E-state index contributed by atoms with van der Waals surface area (Å²) < 4.78 is 0.955. The molecule has 0 aromatic carbocycles. The second-order valence-corrected chi connectivity index (χ2v) is 6.00. The molecule has 1 aliphatic heterocycles. The van der Waals surface area contributed by atoms with E-state index in [1.807, 2.05) is 17.0 Å². The average Bonchev–Trinajstić information content (AvgIpc) is 2.66. The van der Waals surface area contributed by atoms with Crippen LogP contribution in [-0.4, -0.2) is 47.7 Å². The normalized spacial score (nSPS) is 16.4. The van der Waals surface area contributed by atoms with Crippen molar-refractivity contribution in [2.24, 2.45) is 0 Å². The van der Waals surface area contributed by atoms with Gasteiger partial charge in [-0.2, -0.15) is 0 Å². The van der Waals surface area contributed by atoms with Gasteiger partial charge in [-0.3, -0.25) is 4.79 Å². The van der Waals surface area contributed by atoms with Crippen molar-refractivity contribution in [3.05, 3.63) is 22.8 Å². The Bertz CT molecular complexity index is 391. The lowest BCUT2D eigenvalue weighted by Gasteiger charge is -2.19. The van der Waals surface area contributed by atoms with E-state index in [0.717, 1.165) is 42.1 Å². The second kappa shape index (κ2) is 7.11. The maximum atomic E-state index is 12.0. The van der Waals surface area contributed by atoms with E-state index in [4.69, 9.17) is 0 Å². The highest BCUT2D eigenvalue weighted by Gasteiger charge is 2.15. The van der Waals surface area contributed by atoms with Crippen LogP contribution in [0.25, 0.3) is 0 Å². The van der Waals surface area contributed by atoms with E-state index in [0.29, 0.717) is 5.75 Å². The van der Waals surface area contributed by atoms with Gasteiger partial charge in [-0.1, -0.05) is 11.8 Å². The van der Waals surface area contributed by atoms with Crippen LogP contribution in [0.4, 0.5) is 0 Å². The molecule has 0 saturated carbocycles. The minimum absolute atomic E-state index is 0.202. The first-order valence-corrected chi connectivity index (χ1v) is 7.76. The number of rotatable bonds is 3. The van der Waals surface area contributed by atoms with Crippen LogP contribution in [-0.2, 0) is 4.79 Å². The van der Waals surface area contributed by atoms with Crippen molar-refractivity contribution in [3.8, 4) is 0 Å². The van der Waals surface area contributed by atoms with Crippen LogP contribution in [0.5, 0.6) is 0 Å². The first-order chi connectivity index (χ1) is 8.75. The highest BCUT2D eigenvalue weighted by Crippen LogP contribution is 2.18. The minimum Gasteiger partial charge on any atom is -0.341 e. The quantitative estimate of drug-likeness (QED) is 0.858. The summed E-state index contributed by atoms with van der Waals surface area (Å²) in [6.45, 7) is 3.57. The van der Waals surface area contributed by atoms with E-state index in [2.05, 4.69) is 26.2 Å². The van der Waals surface area contributed by atoms with Gasteiger partial charge in [0.1, 0.15) is 0 Å². The molecule has 18 heavy (non-hydrogen) atoms. The number of nitrogens with zero attached hydrogens (tertiary/aromatic N) is 2. The summed E-state index contributed by atoms with van der Waals surface area (Å²) in [5.74, 6) is 0.669. The van der Waals surface area contributed by atoms with Gasteiger partial charge in [0.15, 0.2) is 0 Å². The predicted molar refractivity (Wildman–Crippen MR) is 76.7 cm³/mol. The Balaban J connectivity index is 1.81. The minimum atomic E-state index is 0.202. The maximum absolute atomic E-state index is 12.0. The third kappa shape index (κ3) is 4.26. The largest absolute Gasteiger partial charge is 0.341 e. The van der Waals surface area contributed by atoms with Crippen LogP contribution >= 0.6 is 27.7 Å². The Morgan fingerprint density at radius 2 is 2.33 bits per heavy atom. The zero-order valence-corrected chi connectivity index (χ0v) is 12.5. The van der Waals surface area contributed by atoms with Crippen LogP contribution in [0.3, 0.4) is 0 Å². The first kappa shape index (κ1) is 13.8. The van der Waals surface area contributed by atoms with Crippen molar-refractivity contribution < 1.29 is 4.79 Å². The number of carbonyl (C=O) groups is 1. The molecule has 6 heteroatoms. The fourth-order valence-electron chi connectivity index (χ4n) is 1.77. The Morgan fingerprint density at radius 3 is 3.11 bits per heavy atom. The van der Waals surface area contributed by atoms with Gasteiger partial charge >= 0.3 is 0 Å². The van der Waals surface area contributed by atoms with Crippen molar-refractivity contribution >= 4 is 33.6 Å². The third-order valence-corrected chi connectivity index (χ3v) is 4.13.